The molecule has 0 unspecified atom stereocenters. The van der Waals surface area contributed by atoms with Crippen molar-refractivity contribution < 1.29 is 16.8 Å². The molecule has 0 saturated carbocycles. The lowest BCUT2D eigenvalue weighted by Crippen LogP contribution is -2.34. The Hall–Kier alpha value is -2.68. The number of hydrogen-bond donors (Lipinski definition) is 0. The monoisotopic (exact) mass is 448 g/mol. The van der Waals surface area contributed by atoms with Crippen LogP contribution in [0, 0.1) is 0 Å². The van der Waals surface area contributed by atoms with Crippen molar-refractivity contribution in [1.29, 1.82) is 0 Å². The summed E-state index contributed by atoms with van der Waals surface area (Å²) in [5.41, 5.74) is 0.340. The highest BCUT2D eigenvalue weighted by atomic mass is 35.5. The molecule has 9 heteroatoms. The van der Waals surface area contributed by atoms with E-state index in [1.165, 1.54) is 43.4 Å². The van der Waals surface area contributed by atoms with Gasteiger partial charge in [-0.2, -0.15) is 8.42 Å². The van der Waals surface area contributed by atoms with E-state index in [1.54, 1.807) is 48.5 Å². The summed E-state index contributed by atoms with van der Waals surface area (Å²) in [7, 11) is -6.95. The van der Waals surface area contributed by atoms with Crippen LogP contribution in [0.15, 0.2) is 99.1 Å². The van der Waals surface area contributed by atoms with Gasteiger partial charge in [0, 0.05) is 17.6 Å². The molecule has 150 valence electrons. The van der Waals surface area contributed by atoms with E-state index in [9.17, 15) is 16.8 Å². The number of hydrogen-bond acceptors (Lipinski definition) is 4. The molecule has 0 aromatic heterocycles. The van der Waals surface area contributed by atoms with Gasteiger partial charge in [-0.3, -0.25) is 4.31 Å². The summed E-state index contributed by atoms with van der Waals surface area (Å²) in [6.45, 7) is 0. The van der Waals surface area contributed by atoms with Crippen molar-refractivity contribution in [2.24, 2.45) is 4.40 Å². The van der Waals surface area contributed by atoms with E-state index in [1.807, 2.05) is 0 Å². The van der Waals surface area contributed by atoms with Gasteiger partial charge in [0.2, 0.25) is 0 Å². The van der Waals surface area contributed by atoms with Gasteiger partial charge in [-0.05, 0) is 36.4 Å². The number of halogens is 1. The average Bonchev–Trinajstić information content (AvgIpc) is 2.73. The molecule has 0 atom stereocenters. The maximum atomic E-state index is 13.0. The Kier molecular flexibility index (Phi) is 6.07. The molecule has 0 amide bonds. The van der Waals surface area contributed by atoms with E-state index in [-0.39, 0.29) is 15.6 Å². The van der Waals surface area contributed by atoms with E-state index in [2.05, 4.69) is 4.40 Å². The lowest BCUT2D eigenvalue weighted by Gasteiger charge is -2.21. The van der Waals surface area contributed by atoms with E-state index in [0.29, 0.717) is 10.6 Å². The molecule has 6 nitrogen and oxygen atoms in total. The van der Waals surface area contributed by atoms with Crippen molar-refractivity contribution in [1.82, 2.24) is 4.31 Å². The normalized spacial score (nSPS) is 12.6. The van der Waals surface area contributed by atoms with E-state index in [4.69, 9.17) is 11.6 Å². The van der Waals surface area contributed by atoms with Crippen LogP contribution in [-0.4, -0.2) is 34.0 Å². The van der Waals surface area contributed by atoms with Crippen LogP contribution in [0.2, 0.25) is 5.02 Å². The van der Waals surface area contributed by atoms with Gasteiger partial charge in [0.1, 0.15) is 0 Å². The van der Waals surface area contributed by atoms with Gasteiger partial charge in [0.25, 0.3) is 20.0 Å². The molecule has 0 N–H and O–H groups in total. The molecule has 0 bridgehead atoms. The van der Waals surface area contributed by atoms with Crippen LogP contribution in [0.3, 0.4) is 0 Å². The number of benzene rings is 3. The molecule has 0 spiro atoms. The Morgan fingerprint density at radius 3 is 1.83 bits per heavy atom. The van der Waals surface area contributed by atoms with Gasteiger partial charge in [-0.25, -0.2) is 8.42 Å². The number of nitrogens with zero attached hydrogens (tertiary/aromatic N) is 2. The van der Waals surface area contributed by atoms with Gasteiger partial charge >= 0.3 is 0 Å². The van der Waals surface area contributed by atoms with E-state index in [0.717, 1.165) is 4.31 Å². The Labute approximate surface area is 175 Å². The molecule has 0 heterocycles. The molecule has 29 heavy (non-hydrogen) atoms. The largest absolute Gasteiger partial charge is 0.284 e. The smallest absolute Gasteiger partial charge is 0.252 e. The minimum Gasteiger partial charge on any atom is -0.252 e. The SMILES string of the molecule is CN(C(=NS(=O)(=O)c1ccc(Cl)cc1)c1ccccc1)S(=O)(=O)c1ccccc1. The van der Waals surface area contributed by atoms with Crippen molar-refractivity contribution >= 4 is 37.5 Å². The van der Waals surface area contributed by atoms with E-state index >= 15 is 0 Å². The second-order valence-electron chi connectivity index (χ2n) is 6.00. The fourth-order valence-corrected chi connectivity index (χ4v) is 4.93. The Morgan fingerprint density at radius 2 is 1.28 bits per heavy atom. The molecule has 0 aliphatic rings. The lowest BCUT2D eigenvalue weighted by molar-refractivity contribution is 0.552. The van der Waals surface area contributed by atoms with Crippen LogP contribution in [0.25, 0.3) is 0 Å². The highest BCUT2D eigenvalue weighted by Crippen LogP contribution is 2.21. The topological polar surface area (TPSA) is 83.9 Å². The molecule has 0 fully saturated rings. The second kappa shape index (κ2) is 8.36. The quantitative estimate of drug-likeness (QED) is 0.439. The highest BCUT2D eigenvalue weighted by Gasteiger charge is 2.27. The minimum atomic E-state index is -4.19. The lowest BCUT2D eigenvalue weighted by atomic mass is 10.2. The summed E-state index contributed by atoms with van der Waals surface area (Å²) in [5, 5.41) is 0.375. The Morgan fingerprint density at radius 1 is 0.759 bits per heavy atom. The van der Waals surface area contributed by atoms with Crippen LogP contribution in [-0.2, 0) is 20.0 Å². The van der Waals surface area contributed by atoms with Gasteiger partial charge in [0.15, 0.2) is 5.84 Å². The van der Waals surface area contributed by atoms with Gasteiger partial charge in [-0.15, -0.1) is 4.40 Å². The minimum absolute atomic E-state index is 0.0232. The Bertz CT molecular complexity index is 1230. The van der Waals surface area contributed by atoms with Crippen LogP contribution in [0.1, 0.15) is 5.56 Å². The summed E-state index contributed by atoms with van der Waals surface area (Å²) >= 11 is 5.82. The first-order valence-electron chi connectivity index (χ1n) is 8.42. The zero-order chi connectivity index (χ0) is 21.1. The molecule has 0 radical (unpaired) electrons. The van der Waals surface area contributed by atoms with Crippen LogP contribution >= 0.6 is 11.6 Å². The highest BCUT2D eigenvalue weighted by molar-refractivity contribution is 7.91. The maximum absolute atomic E-state index is 13.0. The predicted molar refractivity (Wildman–Crippen MR) is 113 cm³/mol. The first-order valence-corrected chi connectivity index (χ1v) is 11.7. The molecule has 3 aromatic rings. The third-order valence-electron chi connectivity index (χ3n) is 4.05. The summed E-state index contributed by atoms with van der Waals surface area (Å²) in [6.07, 6.45) is 0. The molecule has 0 aliphatic carbocycles. The summed E-state index contributed by atoms with van der Waals surface area (Å²) in [6, 6.07) is 21.5. The fraction of sp³-hybridized carbons (Fsp3) is 0.0500. The molecular formula is C20H17ClN2O4S2. The number of rotatable bonds is 5. The zero-order valence-electron chi connectivity index (χ0n) is 15.3. The second-order valence-corrected chi connectivity index (χ2v) is 10.0. The van der Waals surface area contributed by atoms with Crippen molar-refractivity contribution in [3.05, 3.63) is 95.5 Å². The third-order valence-corrected chi connectivity index (χ3v) is 7.35. The maximum Gasteiger partial charge on any atom is 0.284 e. The van der Waals surface area contributed by atoms with Crippen molar-refractivity contribution in [3.8, 4) is 0 Å². The molecule has 3 aromatic carbocycles. The van der Waals surface area contributed by atoms with Gasteiger partial charge in [-0.1, -0.05) is 60.1 Å². The third kappa shape index (κ3) is 4.67. The van der Waals surface area contributed by atoms with Crippen molar-refractivity contribution in [2.45, 2.75) is 9.79 Å². The molecule has 3 rings (SSSR count). The van der Waals surface area contributed by atoms with Crippen LogP contribution in [0.5, 0.6) is 0 Å². The molecule has 0 aliphatic heterocycles. The zero-order valence-corrected chi connectivity index (χ0v) is 17.7. The first kappa shape index (κ1) is 21.0. The number of sulfonamides is 2. The number of amidine groups is 1. The van der Waals surface area contributed by atoms with Crippen LogP contribution < -0.4 is 0 Å². The standard InChI is InChI=1S/C20H17ClN2O4S2/c1-23(29(26,27)19-10-6-3-7-11-19)20(16-8-4-2-5-9-16)22-28(24,25)18-14-12-17(21)13-15-18/h2-15H,1H3. The van der Waals surface area contributed by atoms with Crippen molar-refractivity contribution in [2.75, 3.05) is 7.05 Å². The average molecular weight is 449 g/mol. The van der Waals surface area contributed by atoms with Crippen molar-refractivity contribution in [3.63, 3.8) is 0 Å². The fourth-order valence-electron chi connectivity index (χ4n) is 2.52. The molecule has 0 saturated heterocycles. The first-order chi connectivity index (χ1) is 13.7. The summed E-state index contributed by atoms with van der Waals surface area (Å²) in [4.78, 5) is -0.0733. The summed E-state index contributed by atoms with van der Waals surface area (Å²) in [5.74, 6) is -0.218. The molecular weight excluding hydrogens is 432 g/mol. The van der Waals surface area contributed by atoms with E-state index < -0.39 is 20.0 Å². The Balaban J connectivity index is 2.16. The van der Waals surface area contributed by atoms with Crippen LogP contribution in [0.4, 0.5) is 0 Å². The van der Waals surface area contributed by atoms with Gasteiger partial charge < -0.3 is 0 Å². The summed E-state index contributed by atoms with van der Waals surface area (Å²) < 4.78 is 56.5. The predicted octanol–water partition coefficient (Wildman–Crippen LogP) is 3.80. The van der Waals surface area contributed by atoms with Gasteiger partial charge in [0.05, 0.1) is 9.79 Å².